The van der Waals surface area contributed by atoms with Crippen LogP contribution in [0.5, 0.6) is 5.75 Å². The van der Waals surface area contributed by atoms with E-state index in [-0.39, 0.29) is 18.3 Å². The van der Waals surface area contributed by atoms with Gasteiger partial charge < -0.3 is 19.7 Å². The Morgan fingerprint density at radius 1 is 1.17 bits per heavy atom. The molecule has 0 saturated carbocycles. The Bertz CT molecular complexity index is 1340. The number of thioether (sulfide) groups is 1. The van der Waals surface area contributed by atoms with Gasteiger partial charge in [0.15, 0.2) is 0 Å². The van der Waals surface area contributed by atoms with Crippen molar-refractivity contribution in [1.82, 2.24) is 14.9 Å². The zero-order valence-electron chi connectivity index (χ0n) is 19.9. The summed E-state index contributed by atoms with van der Waals surface area (Å²) in [5, 5.41) is 13.6. The Labute approximate surface area is 212 Å². The number of aromatic nitrogens is 2. The van der Waals surface area contributed by atoms with E-state index < -0.39 is 12.7 Å². The van der Waals surface area contributed by atoms with Crippen LogP contribution < -0.4 is 10.1 Å². The number of aryl methyl sites for hydroxylation is 1. The van der Waals surface area contributed by atoms with Crippen LogP contribution in [0.25, 0.3) is 10.9 Å². The lowest BCUT2D eigenvalue weighted by Gasteiger charge is -2.16. The second-order valence-corrected chi connectivity index (χ2v) is 9.07. The molecule has 4 aromatic rings. The van der Waals surface area contributed by atoms with Crippen molar-refractivity contribution in [2.75, 3.05) is 12.9 Å². The van der Waals surface area contributed by atoms with Crippen molar-refractivity contribution in [1.29, 1.82) is 0 Å². The number of alkyl halides is 2. The number of rotatable bonds is 10. The summed E-state index contributed by atoms with van der Waals surface area (Å²) < 4.78 is 31.8. The number of nitrogens with one attached hydrogen (secondary N) is 1. The lowest BCUT2D eigenvalue weighted by molar-refractivity contribution is -0.0498. The van der Waals surface area contributed by atoms with E-state index in [9.17, 15) is 18.7 Å². The average molecular weight is 512 g/mol. The maximum atomic E-state index is 13.0. The van der Waals surface area contributed by atoms with Crippen molar-refractivity contribution in [2.45, 2.75) is 37.4 Å². The number of carbonyl (C=O) groups is 1. The summed E-state index contributed by atoms with van der Waals surface area (Å²) in [6.45, 7) is -0.407. The van der Waals surface area contributed by atoms with Crippen molar-refractivity contribution in [3.63, 3.8) is 0 Å². The smallest absolute Gasteiger partial charge is 0.387 e. The van der Waals surface area contributed by atoms with E-state index >= 15 is 0 Å². The van der Waals surface area contributed by atoms with E-state index in [1.807, 2.05) is 43.5 Å². The minimum Gasteiger partial charge on any atom is -0.435 e. The number of hydrogen-bond donors (Lipinski definition) is 2. The fourth-order valence-electron chi connectivity index (χ4n) is 4.20. The number of amides is 1. The normalized spacial score (nSPS) is 12.2. The molecule has 0 aliphatic rings. The highest BCUT2D eigenvalue weighted by Crippen LogP contribution is 2.26. The molecule has 0 aliphatic heterocycles. The first-order chi connectivity index (χ1) is 17.4. The lowest BCUT2D eigenvalue weighted by Crippen LogP contribution is -2.31. The summed E-state index contributed by atoms with van der Waals surface area (Å²) in [4.78, 5) is 18.3. The van der Waals surface area contributed by atoms with Gasteiger partial charge in [-0.15, -0.1) is 11.8 Å². The van der Waals surface area contributed by atoms with Gasteiger partial charge in [0, 0.05) is 46.2 Å². The molecule has 9 heteroatoms. The fraction of sp³-hybridized carbons (Fsp3) is 0.259. The van der Waals surface area contributed by atoms with Crippen LogP contribution in [0.4, 0.5) is 8.78 Å². The maximum absolute atomic E-state index is 13.0. The molecule has 2 aromatic carbocycles. The van der Waals surface area contributed by atoms with E-state index in [0.717, 1.165) is 27.1 Å². The Morgan fingerprint density at radius 2 is 2.00 bits per heavy atom. The SMILES string of the molecule is CCn1c(Cc2cccc(OC(F)F)c2)cc2cc(C(=O)NC(CO)c3ccc(SC)cn3)ccc21. The highest BCUT2D eigenvalue weighted by Gasteiger charge is 2.18. The van der Waals surface area contributed by atoms with Crippen LogP contribution in [0.15, 0.2) is 71.8 Å². The third kappa shape index (κ3) is 5.85. The average Bonchev–Trinajstić information content (AvgIpc) is 3.23. The molecular formula is C27H27F2N3O3S. The van der Waals surface area contributed by atoms with Crippen LogP contribution >= 0.6 is 11.8 Å². The zero-order valence-corrected chi connectivity index (χ0v) is 20.8. The number of benzene rings is 2. The summed E-state index contributed by atoms with van der Waals surface area (Å²) >= 11 is 1.57. The molecule has 0 bridgehead atoms. The summed E-state index contributed by atoms with van der Waals surface area (Å²) in [6.07, 6.45) is 4.19. The first-order valence-corrected chi connectivity index (χ1v) is 12.7. The molecule has 0 saturated heterocycles. The summed E-state index contributed by atoms with van der Waals surface area (Å²) in [5.74, 6) is -0.189. The highest BCUT2D eigenvalue weighted by molar-refractivity contribution is 7.98. The molecule has 4 rings (SSSR count). The molecule has 2 aromatic heterocycles. The van der Waals surface area contributed by atoms with Crippen LogP contribution in [-0.2, 0) is 13.0 Å². The van der Waals surface area contributed by atoms with E-state index in [0.29, 0.717) is 24.2 Å². The first-order valence-electron chi connectivity index (χ1n) is 11.5. The molecule has 1 amide bonds. The third-order valence-corrected chi connectivity index (χ3v) is 6.63. The highest BCUT2D eigenvalue weighted by atomic mass is 32.2. The molecule has 188 valence electrons. The molecule has 2 heterocycles. The van der Waals surface area contributed by atoms with E-state index in [1.165, 1.54) is 6.07 Å². The first kappa shape index (κ1) is 25.7. The Hall–Kier alpha value is -3.43. The number of halogens is 2. The van der Waals surface area contributed by atoms with Crippen molar-refractivity contribution >= 4 is 28.6 Å². The second kappa shape index (κ2) is 11.5. The summed E-state index contributed by atoms with van der Waals surface area (Å²) in [7, 11) is 0. The van der Waals surface area contributed by atoms with E-state index in [1.54, 1.807) is 42.2 Å². The van der Waals surface area contributed by atoms with Crippen LogP contribution in [0.2, 0.25) is 0 Å². The number of nitrogens with zero attached hydrogens (tertiary/aromatic N) is 2. The van der Waals surface area contributed by atoms with E-state index in [2.05, 4.69) is 19.6 Å². The molecule has 2 N–H and O–H groups in total. The molecular weight excluding hydrogens is 484 g/mol. The van der Waals surface area contributed by atoms with Crippen LogP contribution in [0.3, 0.4) is 0 Å². The Kier molecular flexibility index (Phi) is 8.22. The number of ether oxygens (including phenoxy) is 1. The fourth-order valence-corrected chi connectivity index (χ4v) is 4.57. The van der Waals surface area contributed by atoms with Crippen LogP contribution in [-0.4, -0.2) is 40.0 Å². The molecule has 1 atom stereocenters. The van der Waals surface area contributed by atoms with Gasteiger partial charge in [-0.3, -0.25) is 9.78 Å². The Morgan fingerprint density at radius 3 is 2.67 bits per heavy atom. The van der Waals surface area contributed by atoms with Gasteiger partial charge in [-0.2, -0.15) is 8.78 Å². The van der Waals surface area contributed by atoms with Gasteiger partial charge in [0.1, 0.15) is 5.75 Å². The monoisotopic (exact) mass is 511 g/mol. The quantitative estimate of drug-likeness (QED) is 0.278. The van der Waals surface area contributed by atoms with Crippen molar-refractivity contribution in [2.24, 2.45) is 0 Å². The van der Waals surface area contributed by atoms with Crippen molar-refractivity contribution < 1.29 is 23.4 Å². The number of fused-ring (bicyclic) bond motifs is 1. The molecule has 0 spiro atoms. The minimum atomic E-state index is -2.87. The minimum absolute atomic E-state index is 0.122. The number of aliphatic hydroxyl groups is 1. The summed E-state index contributed by atoms with van der Waals surface area (Å²) in [6, 6.07) is 17.2. The van der Waals surface area contributed by atoms with Crippen LogP contribution in [0.1, 0.15) is 40.3 Å². The predicted octanol–water partition coefficient (Wildman–Crippen LogP) is 5.43. The topological polar surface area (TPSA) is 76.4 Å². The van der Waals surface area contributed by atoms with Gasteiger partial charge in [0.2, 0.25) is 0 Å². The number of aliphatic hydroxyl groups excluding tert-OH is 1. The summed E-state index contributed by atoms with van der Waals surface area (Å²) in [5.41, 5.74) is 3.85. The molecule has 0 aliphatic carbocycles. The maximum Gasteiger partial charge on any atom is 0.387 e. The number of carbonyl (C=O) groups excluding carboxylic acids is 1. The number of pyridine rings is 1. The van der Waals surface area contributed by atoms with Crippen molar-refractivity contribution in [3.8, 4) is 5.75 Å². The van der Waals surface area contributed by atoms with Crippen LogP contribution in [0, 0.1) is 0 Å². The largest absolute Gasteiger partial charge is 0.435 e. The third-order valence-electron chi connectivity index (χ3n) is 5.91. The second-order valence-electron chi connectivity index (χ2n) is 8.19. The van der Waals surface area contributed by atoms with Gasteiger partial charge in [-0.25, -0.2) is 0 Å². The molecule has 0 fully saturated rings. The van der Waals surface area contributed by atoms with Gasteiger partial charge in [-0.05, 0) is 67.3 Å². The lowest BCUT2D eigenvalue weighted by atomic mass is 10.1. The number of hydrogen-bond acceptors (Lipinski definition) is 5. The molecule has 0 radical (unpaired) electrons. The van der Waals surface area contributed by atoms with Gasteiger partial charge in [0.05, 0.1) is 18.3 Å². The molecule has 6 nitrogen and oxygen atoms in total. The van der Waals surface area contributed by atoms with E-state index in [4.69, 9.17) is 0 Å². The molecule has 1 unspecified atom stereocenters. The molecule has 36 heavy (non-hydrogen) atoms. The van der Waals surface area contributed by atoms with Gasteiger partial charge in [-0.1, -0.05) is 12.1 Å². The van der Waals surface area contributed by atoms with Gasteiger partial charge in [0.25, 0.3) is 5.91 Å². The Balaban J connectivity index is 1.56. The zero-order chi connectivity index (χ0) is 25.7. The van der Waals surface area contributed by atoms with Gasteiger partial charge >= 0.3 is 6.61 Å². The predicted molar refractivity (Wildman–Crippen MR) is 137 cm³/mol. The van der Waals surface area contributed by atoms with Crippen molar-refractivity contribution in [3.05, 3.63) is 89.4 Å². The standard InChI is InChI=1S/C27H27F2N3O3S/c1-3-32-20(11-17-5-4-6-21(12-17)35-27(28)29)14-19-13-18(7-10-25(19)32)26(34)31-24(16-33)23-9-8-22(36-2)15-30-23/h4-10,12-15,24,27,33H,3,11,16H2,1-2H3,(H,31,34).